The minimum Gasteiger partial charge on any atom is -0.497 e. The number of nitrogens with one attached hydrogen (secondary N) is 1. The second-order valence-corrected chi connectivity index (χ2v) is 7.76. The van der Waals surface area contributed by atoms with Gasteiger partial charge < -0.3 is 19.4 Å². The van der Waals surface area contributed by atoms with Crippen LogP contribution in [0, 0.1) is 5.82 Å². The van der Waals surface area contributed by atoms with Gasteiger partial charge in [0.05, 0.1) is 25.0 Å². The third-order valence-electron chi connectivity index (χ3n) is 5.50. The van der Waals surface area contributed by atoms with Crippen molar-refractivity contribution >= 4 is 17.6 Å². The number of amides is 1. The van der Waals surface area contributed by atoms with Crippen molar-refractivity contribution in [3.63, 3.8) is 0 Å². The largest absolute Gasteiger partial charge is 0.497 e. The maximum absolute atomic E-state index is 14.4. The first-order valence-electron chi connectivity index (χ1n) is 11.2. The normalized spacial score (nSPS) is 10.6. The number of carbonyl (C=O) groups is 2. The second-order valence-electron chi connectivity index (χ2n) is 7.76. The van der Waals surface area contributed by atoms with Crippen LogP contribution in [-0.2, 0) is 11.3 Å². The number of carbonyl (C=O) groups excluding carboxylic acids is 2. The molecule has 0 aliphatic heterocycles. The summed E-state index contributed by atoms with van der Waals surface area (Å²) in [6, 6.07) is 22.5. The van der Waals surface area contributed by atoms with Gasteiger partial charge in [0.1, 0.15) is 11.6 Å². The molecule has 3 aromatic carbocycles. The number of aromatic nitrogens is 1. The van der Waals surface area contributed by atoms with E-state index in [2.05, 4.69) is 5.32 Å². The lowest BCUT2D eigenvalue weighted by atomic mass is 10.1. The van der Waals surface area contributed by atoms with Crippen LogP contribution in [0.2, 0.25) is 0 Å². The summed E-state index contributed by atoms with van der Waals surface area (Å²) in [7, 11) is 1.57. The van der Waals surface area contributed by atoms with Gasteiger partial charge in [-0.05, 0) is 42.3 Å². The number of benzene rings is 3. The summed E-state index contributed by atoms with van der Waals surface area (Å²) in [6.07, 6.45) is 1.79. The van der Waals surface area contributed by atoms with Gasteiger partial charge in [-0.15, -0.1) is 0 Å². The first kappa shape index (κ1) is 23.8. The topological polar surface area (TPSA) is 69.6 Å². The molecule has 6 nitrogen and oxygen atoms in total. The fourth-order valence-electron chi connectivity index (χ4n) is 3.82. The number of hydrogen-bond acceptors (Lipinski definition) is 4. The van der Waals surface area contributed by atoms with Crippen LogP contribution in [0.5, 0.6) is 5.75 Å². The Hall–Kier alpha value is -4.39. The summed E-state index contributed by atoms with van der Waals surface area (Å²) >= 11 is 0. The number of esters is 1. The van der Waals surface area contributed by atoms with Gasteiger partial charge in [0.2, 0.25) is 0 Å². The Morgan fingerprint density at radius 3 is 2.29 bits per heavy atom. The molecule has 4 aromatic rings. The molecule has 0 saturated heterocycles. The van der Waals surface area contributed by atoms with Gasteiger partial charge in [-0.3, -0.25) is 4.79 Å². The van der Waals surface area contributed by atoms with Crippen molar-refractivity contribution in [3.05, 3.63) is 108 Å². The molecule has 1 amide bonds. The van der Waals surface area contributed by atoms with E-state index in [1.165, 1.54) is 18.2 Å². The molecule has 0 unspecified atom stereocenters. The molecule has 1 aromatic heterocycles. The molecule has 0 spiro atoms. The van der Waals surface area contributed by atoms with Gasteiger partial charge in [0.15, 0.2) is 5.69 Å². The molecule has 35 heavy (non-hydrogen) atoms. The Balaban J connectivity index is 1.87. The standard InChI is InChI=1S/C28H25FN2O4/c1-3-35-28(33)26-25(30-27(32)22-11-7-8-12-24(22)29)23(20-13-15-21(34-2)16-14-20)18-31(26)17-19-9-5-4-6-10-19/h4-16,18H,3,17H2,1-2H3,(H,30,32). The Labute approximate surface area is 202 Å². The van der Waals surface area contributed by atoms with E-state index >= 15 is 0 Å². The van der Waals surface area contributed by atoms with Crippen molar-refractivity contribution in [2.24, 2.45) is 0 Å². The van der Waals surface area contributed by atoms with E-state index in [9.17, 15) is 14.0 Å². The summed E-state index contributed by atoms with van der Waals surface area (Å²) < 4.78 is 26.7. The zero-order valence-corrected chi connectivity index (χ0v) is 19.5. The summed E-state index contributed by atoms with van der Waals surface area (Å²) in [5.41, 5.74) is 2.59. The van der Waals surface area contributed by atoms with Crippen molar-refractivity contribution in [3.8, 4) is 16.9 Å². The summed E-state index contributed by atoms with van der Waals surface area (Å²) in [6.45, 7) is 2.24. The molecule has 178 valence electrons. The number of rotatable bonds is 8. The van der Waals surface area contributed by atoms with Gasteiger partial charge in [-0.2, -0.15) is 0 Å². The van der Waals surface area contributed by atoms with E-state index in [1.54, 1.807) is 43.0 Å². The smallest absolute Gasteiger partial charge is 0.357 e. The van der Waals surface area contributed by atoms with Gasteiger partial charge >= 0.3 is 5.97 Å². The molecular weight excluding hydrogens is 447 g/mol. The molecule has 0 saturated carbocycles. The minimum atomic E-state index is -0.666. The van der Waals surface area contributed by atoms with E-state index in [4.69, 9.17) is 9.47 Å². The number of nitrogens with zero attached hydrogens (tertiary/aromatic N) is 1. The molecule has 0 radical (unpaired) electrons. The molecule has 4 rings (SSSR count). The lowest BCUT2D eigenvalue weighted by molar-refractivity contribution is 0.0515. The van der Waals surface area contributed by atoms with E-state index in [1.807, 2.05) is 42.5 Å². The van der Waals surface area contributed by atoms with Crippen LogP contribution in [-0.4, -0.2) is 30.2 Å². The van der Waals surface area contributed by atoms with Crippen molar-refractivity contribution < 1.29 is 23.5 Å². The Morgan fingerprint density at radius 1 is 0.943 bits per heavy atom. The van der Waals surface area contributed by atoms with E-state index in [0.717, 1.165) is 11.1 Å². The fourth-order valence-corrected chi connectivity index (χ4v) is 3.82. The molecule has 1 heterocycles. The van der Waals surface area contributed by atoms with Crippen LogP contribution in [0.1, 0.15) is 33.3 Å². The molecule has 0 fully saturated rings. The first-order chi connectivity index (χ1) is 17.0. The average molecular weight is 473 g/mol. The summed E-state index contributed by atoms with van der Waals surface area (Å²) in [4.78, 5) is 26.2. The molecule has 7 heteroatoms. The number of hydrogen-bond donors (Lipinski definition) is 1. The highest BCUT2D eigenvalue weighted by molar-refractivity contribution is 6.11. The number of halogens is 1. The minimum absolute atomic E-state index is 0.126. The summed E-state index contributed by atoms with van der Waals surface area (Å²) in [5.74, 6) is -1.25. The van der Waals surface area contributed by atoms with Gasteiger partial charge in [0.25, 0.3) is 5.91 Å². The van der Waals surface area contributed by atoms with Crippen LogP contribution in [0.25, 0.3) is 11.1 Å². The highest BCUT2D eigenvalue weighted by atomic mass is 19.1. The lowest BCUT2D eigenvalue weighted by Crippen LogP contribution is -2.19. The second kappa shape index (κ2) is 10.7. The molecule has 1 N–H and O–H groups in total. The third-order valence-corrected chi connectivity index (χ3v) is 5.50. The Kier molecular flexibility index (Phi) is 7.26. The number of anilines is 1. The molecule has 0 aliphatic rings. The number of ether oxygens (including phenoxy) is 2. The van der Waals surface area contributed by atoms with Crippen molar-refractivity contribution in [2.75, 3.05) is 19.0 Å². The van der Waals surface area contributed by atoms with E-state index in [-0.39, 0.29) is 23.6 Å². The molecule has 0 aliphatic carbocycles. The highest BCUT2D eigenvalue weighted by Crippen LogP contribution is 2.35. The maximum Gasteiger partial charge on any atom is 0.357 e. The summed E-state index contributed by atoms with van der Waals surface area (Å²) in [5, 5.41) is 2.78. The Morgan fingerprint density at radius 2 is 1.63 bits per heavy atom. The van der Waals surface area contributed by atoms with Crippen LogP contribution < -0.4 is 10.1 Å². The van der Waals surface area contributed by atoms with Crippen LogP contribution >= 0.6 is 0 Å². The predicted octanol–water partition coefficient (Wildman–Crippen LogP) is 5.78. The van der Waals surface area contributed by atoms with Crippen molar-refractivity contribution in [1.82, 2.24) is 4.57 Å². The molecular formula is C28H25FN2O4. The monoisotopic (exact) mass is 472 g/mol. The SMILES string of the molecule is CCOC(=O)c1c(NC(=O)c2ccccc2F)c(-c2ccc(OC)cc2)cn1Cc1ccccc1. The maximum atomic E-state index is 14.4. The predicted molar refractivity (Wildman–Crippen MR) is 132 cm³/mol. The van der Waals surface area contributed by atoms with Crippen LogP contribution in [0.4, 0.5) is 10.1 Å². The highest BCUT2D eigenvalue weighted by Gasteiger charge is 2.26. The first-order valence-corrected chi connectivity index (χ1v) is 11.2. The van der Waals surface area contributed by atoms with Gasteiger partial charge in [-0.25, -0.2) is 9.18 Å². The van der Waals surface area contributed by atoms with E-state index < -0.39 is 17.7 Å². The Bertz CT molecular complexity index is 1330. The van der Waals surface area contributed by atoms with Gasteiger partial charge in [0, 0.05) is 18.3 Å². The zero-order chi connectivity index (χ0) is 24.8. The van der Waals surface area contributed by atoms with Crippen molar-refractivity contribution in [2.45, 2.75) is 13.5 Å². The fraction of sp³-hybridized carbons (Fsp3) is 0.143. The van der Waals surface area contributed by atoms with Crippen LogP contribution in [0.15, 0.2) is 85.1 Å². The molecule has 0 atom stereocenters. The molecule has 0 bridgehead atoms. The van der Waals surface area contributed by atoms with Crippen molar-refractivity contribution in [1.29, 1.82) is 0 Å². The lowest BCUT2D eigenvalue weighted by Gasteiger charge is -2.13. The van der Waals surface area contributed by atoms with Crippen LogP contribution in [0.3, 0.4) is 0 Å². The zero-order valence-electron chi connectivity index (χ0n) is 19.5. The van der Waals surface area contributed by atoms with Gasteiger partial charge in [-0.1, -0.05) is 54.6 Å². The third kappa shape index (κ3) is 5.24. The number of methoxy groups -OCH3 is 1. The quantitative estimate of drug-likeness (QED) is 0.330. The average Bonchev–Trinajstić information content (AvgIpc) is 3.22. The van der Waals surface area contributed by atoms with E-state index in [0.29, 0.717) is 17.9 Å².